The van der Waals surface area contributed by atoms with Crippen LogP contribution in [0.25, 0.3) is 0 Å². The maximum atomic E-state index is 12.5. The lowest BCUT2D eigenvalue weighted by molar-refractivity contribution is -0.119. The highest BCUT2D eigenvalue weighted by Gasteiger charge is 2.30. The smallest absolute Gasteiger partial charge is 0.226 e. The monoisotopic (exact) mass is 249 g/mol. The van der Waals surface area contributed by atoms with E-state index in [0.29, 0.717) is 5.92 Å². The molecule has 0 bridgehead atoms. The first kappa shape index (κ1) is 9.56. The van der Waals surface area contributed by atoms with Gasteiger partial charge in [-0.2, -0.15) is 0 Å². The Morgan fingerprint density at radius 3 is 2.94 bits per heavy atom. The molecule has 1 aromatic carbocycles. The van der Waals surface area contributed by atoms with Gasteiger partial charge >= 0.3 is 0 Å². The average Bonchev–Trinajstić information content (AvgIpc) is 2.40. The summed E-state index contributed by atoms with van der Waals surface area (Å²) in [6.45, 7) is 1.55. The fraction of sp³-hybridized carbons (Fsp3) is 0.533. The number of amides is 1. The summed E-state index contributed by atoms with van der Waals surface area (Å²) in [4.78, 5) is 14.2. The summed E-state index contributed by atoms with van der Waals surface area (Å²) < 4.78 is 22.1. The molecule has 1 saturated heterocycles. The highest BCUT2D eigenvalue weighted by Crippen LogP contribution is 2.25. The molecule has 1 fully saturated rings. The highest BCUT2D eigenvalue weighted by molar-refractivity contribution is 5.93. The van der Waals surface area contributed by atoms with Crippen molar-refractivity contribution in [3.8, 4) is 0 Å². The summed E-state index contributed by atoms with van der Waals surface area (Å²) in [6, 6.07) is 9.41. The molecule has 1 amide bonds. The molecule has 1 aliphatic rings. The standard InChI is InChI=1S/C15H22N2O/c1-3-15(18)17(13-7-5-4-6-8-13)14-9-10-16-11-12(14)2/h4-8,12,14,16H,3,9-11H2,1-2H3/t12-,14+/m0/s1/i1D3. The average molecular weight is 249 g/mol. The Balaban J connectivity index is 2.28. The second-order valence-corrected chi connectivity index (χ2v) is 4.81. The zero-order chi connectivity index (χ0) is 15.5. The van der Waals surface area contributed by atoms with E-state index in [1.807, 2.05) is 30.3 Å². The number of hydrogen-bond acceptors (Lipinski definition) is 2. The molecule has 0 spiro atoms. The number of carbonyl (C=O) groups is 1. The molecule has 0 aromatic heterocycles. The summed E-state index contributed by atoms with van der Waals surface area (Å²) in [5.41, 5.74) is 0.783. The maximum Gasteiger partial charge on any atom is 0.226 e. The number of piperidine rings is 1. The number of anilines is 1. The van der Waals surface area contributed by atoms with Crippen LogP contribution >= 0.6 is 0 Å². The van der Waals surface area contributed by atoms with Crippen LogP contribution in [0.4, 0.5) is 5.69 Å². The molecule has 0 radical (unpaired) electrons. The minimum Gasteiger partial charge on any atom is -0.316 e. The highest BCUT2D eigenvalue weighted by atomic mass is 16.2. The molecule has 0 saturated carbocycles. The van der Waals surface area contributed by atoms with Crippen LogP contribution in [-0.4, -0.2) is 25.0 Å². The van der Waals surface area contributed by atoms with Crippen molar-refractivity contribution in [1.82, 2.24) is 5.32 Å². The van der Waals surface area contributed by atoms with Crippen LogP contribution in [0.2, 0.25) is 0 Å². The third-order valence-corrected chi connectivity index (χ3v) is 3.53. The second-order valence-electron chi connectivity index (χ2n) is 4.81. The van der Waals surface area contributed by atoms with Crippen molar-refractivity contribution in [2.24, 2.45) is 5.92 Å². The van der Waals surface area contributed by atoms with E-state index in [2.05, 4.69) is 12.2 Å². The predicted octanol–water partition coefficient (Wildman–Crippen LogP) is 2.43. The van der Waals surface area contributed by atoms with Gasteiger partial charge in [-0.15, -0.1) is 0 Å². The Morgan fingerprint density at radius 2 is 2.28 bits per heavy atom. The molecule has 0 aliphatic carbocycles. The lowest BCUT2D eigenvalue weighted by Gasteiger charge is -2.39. The Bertz CT molecular complexity index is 476. The SMILES string of the molecule is [2H]C([2H])([2H])CC(=O)N(c1ccccc1)[C@@H]1CCNC[C@@H]1C. The minimum absolute atomic E-state index is 0.0449. The van der Waals surface area contributed by atoms with Gasteiger partial charge in [-0.3, -0.25) is 4.79 Å². The summed E-state index contributed by atoms with van der Waals surface area (Å²) in [7, 11) is 0. The number of rotatable bonds is 3. The van der Waals surface area contributed by atoms with Gasteiger partial charge in [-0.25, -0.2) is 0 Å². The molecule has 3 heteroatoms. The number of hydrogen-bond donors (Lipinski definition) is 1. The zero-order valence-electron chi connectivity index (χ0n) is 13.7. The molecule has 18 heavy (non-hydrogen) atoms. The Morgan fingerprint density at radius 1 is 1.50 bits per heavy atom. The van der Waals surface area contributed by atoms with Gasteiger partial charge in [0.1, 0.15) is 0 Å². The van der Waals surface area contributed by atoms with E-state index in [0.717, 1.165) is 25.2 Å². The third-order valence-electron chi connectivity index (χ3n) is 3.53. The predicted molar refractivity (Wildman–Crippen MR) is 74.7 cm³/mol. The van der Waals surface area contributed by atoms with Crippen LogP contribution in [0.15, 0.2) is 30.3 Å². The van der Waals surface area contributed by atoms with E-state index < -0.39 is 13.3 Å². The first-order valence-corrected chi connectivity index (χ1v) is 6.46. The Kier molecular flexibility index (Phi) is 3.19. The molecule has 1 aromatic rings. The molecular formula is C15H22N2O. The molecule has 1 N–H and O–H groups in total. The van der Waals surface area contributed by atoms with Crippen molar-refractivity contribution in [2.75, 3.05) is 18.0 Å². The number of nitrogens with one attached hydrogen (secondary N) is 1. The summed E-state index contributed by atoms with van der Waals surface area (Å²) in [6.07, 6.45) is 0.418. The topological polar surface area (TPSA) is 32.3 Å². The maximum absolute atomic E-state index is 12.5. The van der Waals surface area contributed by atoms with Crippen LogP contribution in [-0.2, 0) is 4.79 Å². The summed E-state index contributed by atoms with van der Waals surface area (Å²) in [5.74, 6) is -0.0283. The normalized spacial score (nSPS) is 26.8. The molecule has 3 nitrogen and oxygen atoms in total. The van der Waals surface area contributed by atoms with Crippen molar-refractivity contribution in [1.29, 1.82) is 0 Å². The zero-order valence-corrected chi connectivity index (χ0v) is 10.7. The van der Waals surface area contributed by atoms with Gasteiger partial charge in [0.25, 0.3) is 0 Å². The van der Waals surface area contributed by atoms with E-state index in [9.17, 15) is 4.79 Å². The molecule has 2 rings (SSSR count). The van der Waals surface area contributed by atoms with Gasteiger partial charge in [0.05, 0.1) is 0 Å². The van der Waals surface area contributed by atoms with Crippen LogP contribution in [0, 0.1) is 5.92 Å². The van der Waals surface area contributed by atoms with Crippen molar-refractivity contribution in [3.63, 3.8) is 0 Å². The van der Waals surface area contributed by atoms with Crippen molar-refractivity contribution in [2.45, 2.75) is 32.7 Å². The van der Waals surface area contributed by atoms with Crippen LogP contribution in [0.1, 0.15) is 30.7 Å². The Hall–Kier alpha value is -1.35. The molecule has 0 unspecified atom stereocenters. The Labute approximate surface area is 113 Å². The van der Waals surface area contributed by atoms with E-state index in [1.165, 1.54) is 0 Å². The third kappa shape index (κ3) is 2.72. The van der Waals surface area contributed by atoms with Gasteiger partial charge < -0.3 is 10.2 Å². The molecule has 2 atom stereocenters. The van der Waals surface area contributed by atoms with Crippen LogP contribution in [0.5, 0.6) is 0 Å². The quantitative estimate of drug-likeness (QED) is 0.892. The lowest BCUT2D eigenvalue weighted by atomic mass is 9.93. The van der Waals surface area contributed by atoms with Gasteiger partial charge in [0.2, 0.25) is 5.91 Å². The molecule has 1 aliphatic heterocycles. The first-order valence-electron chi connectivity index (χ1n) is 7.96. The van der Waals surface area contributed by atoms with E-state index in [1.54, 1.807) is 4.90 Å². The fourth-order valence-corrected chi connectivity index (χ4v) is 2.58. The number of para-hydroxylation sites is 1. The molecule has 98 valence electrons. The van der Waals surface area contributed by atoms with Gasteiger partial charge in [-0.05, 0) is 37.6 Å². The van der Waals surface area contributed by atoms with Gasteiger partial charge in [0.15, 0.2) is 0 Å². The van der Waals surface area contributed by atoms with Crippen LogP contribution in [0.3, 0.4) is 0 Å². The molecule has 1 heterocycles. The largest absolute Gasteiger partial charge is 0.316 e. The van der Waals surface area contributed by atoms with E-state index in [-0.39, 0.29) is 11.9 Å². The van der Waals surface area contributed by atoms with Gasteiger partial charge in [0, 0.05) is 22.3 Å². The van der Waals surface area contributed by atoms with Crippen LogP contribution < -0.4 is 10.2 Å². The summed E-state index contributed by atoms with van der Waals surface area (Å²) in [5, 5.41) is 3.31. The van der Waals surface area contributed by atoms with Gasteiger partial charge in [-0.1, -0.05) is 32.0 Å². The van der Waals surface area contributed by atoms with Crippen molar-refractivity contribution in [3.05, 3.63) is 30.3 Å². The lowest BCUT2D eigenvalue weighted by Crippen LogP contribution is -2.51. The van der Waals surface area contributed by atoms with E-state index >= 15 is 0 Å². The fourth-order valence-electron chi connectivity index (χ4n) is 2.58. The number of nitrogens with zero attached hydrogens (tertiary/aromatic N) is 1. The van der Waals surface area contributed by atoms with Crippen molar-refractivity contribution >= 4 is 11.6 Å². The van der Waals surface area contributed by atoms with Crippen molar-refractivity contribution < 1.29 is 8.91 Å². The molecular weight excluding hydrogens is 224 g/mol. The summed E-state index contributed by atoms with van der Waals surface area (Å²) >= 11 is 0. The number of benzene rings is 1. The minimum atomic E-state index is -2.24. The first-order chi connectivity index (χ1) is 9.88. The number of carbonyl (C=O) groups excluding carboxylic acids is 1. The second kappa shape index (κ2) is 6.01. The van der Waals surface area contributed by atoms with E-state index in [4.69, 9.17) is 4.11 Å².